The molecule has 0 bridgehead atoms. The van der Waals surface area contributed by atoms with Crippen molar-refractivity contribution in [2.24, 2.45) is 5.73 Å². The second-order valence-electron chi connectivity index (χ2n) is 2.51. The van der Waals surface area contributed by atoms with E-state index >= 15 is 0 Å². The van der Waals surface area contributed by atoms with E-state index in [1.165, 1.54) is 10.9 Å². The van der Waals surface area contributed by atoms with E-state index in [0.29, 0.717) is 5.69 Å². The van der Waals surface area contributed by atoms with Crippen molar-refractivity contribution in [2.45, 2.75) is 13.0 Å². The number of carbonyl (C=O) groups is 1. The van der Waals surface area contributed by atoms with Gasteiger partial charge in [-0.1, -0.05) is 0 Å². The molecule has 12 heavy (non-hydrogen) atoms. The number of primary amides is 1. The first-order valence-corrected chi connectivity index (χ1v) is 3.41. The first kappa shape index (κ1) is 8.38. The van der Waals surface area contributed by atoms with Crippen LogP contribution in [0, 0.1) is 0 Å². The molecule has 66 valence electrons. The third-order valence-electron chi connectivity index (χ3n) is 1.64. The molecular weight excluding hydrogens is 158 g/mol. The van der Waals surface area contributed by atoms with E-state index in [1.54, 1.807) is 6.92 Å². The van der Waals surface area contributed by atoms with Crippen molar-refractivity contribution >= 4 is 17.4 Å². The Kier molecular flexibility index (Phi) is 1.90. The summed E-state index contributed by atoms with van der Waals surface area (Å²) in [5.74, 6) is -0.230. The molecule has 1 rings (SSSR count). The molecule has 0 aliphatic heterocycles. The molecule has 1 amide bonds. The van der Waals surface area contributed by atoms with Crippen molar-refractivity contribution < 1.29 is 4.79 Å². The number of hydrogen-bond acceptors (Lipinski definition) is 4. The van der Waals surface area contributed by atoms with Crippen LogP contribution in [0.4, 0.5) is 11.5 Å². The topological polar surface area (TPSA) is 113 Å². The van der Waals surface area contributed by atoms with Crippen LogP contribution < -0.4 is 17.2 Å². The molecule has 0 aliphatic carbocycles. The lowest BCUT2D eigenvalue weighted by atomic mass is 10.3. The molecule has 0 aromatic carbocycles. The maximum absolute atomic E-state index is 10.7. The number of nitrogen functional groups attached to an aromatic ring is 2. The Hall–Kier alpha value is -1.72. The number of nitrogens with two attached hydrogens (primary N) is 3. The van der Waals surface area contributed by atoms with Crippen LogP contribution in [-0.2, 0) is 4.79 Å². The lowest BCUT2D eigenvalue weighted by Crippen LogP contribution is -2.25. The van der Waals surface area contributed by atoms with Crippen molar-refractivity contribution in [1.29, 1.82) is 0 Å². The molecule has 0 radical (unpaired) electrons. The Morgan fingerprint density at radius 2 is 2.25 bits per heavy atom. The minimum Gasteiger partial charge on any atom is -0.394 e. The molecule has 1 aromatic heterocycles. The van der Waals surface area contributed by atoms with E-state index in [1.807, 2.05) is 0 Å². The van der Waals surface area contributed by atoms with Gasteiger partial charge in [-0.25, -0.2) is 4.68 Å². The van der Waals surface area contributed by atoms with Crippen LogP contribution in [0.1, 0.15) is 13.0 Å². The van der Waals surface area contributed by atoms with Crippen LogP contribution in [0.3, 0.4) is 0 Å². The average molecular weight is 169 g/mol. The molecule has 1 aromatic rings. The minimum atomic E-state index is -0.567. The number of aromatic nitrogens is 2. The molecule has 1 unspecified atom stereocenters. The fourth-order valence-corrected chi connectivity index (χ4v) is 0.814. The van der Waals surface area contributed by atoms with E-state index in [9.17, 15) is 4.79 Å². The summed E-state index contributed by atoms with van der Waals surface area (Å²) in [4.78, 5) is 10.7. The highest BCUT2D eigenvalue weighted by Gasteiger charge is 2.15. The normalized spacial score (nSPS) is 12.8. The molecular formula is C6H11N5O. The van der Waals surface area contributed by atoms with Crippen molar-refractivity contribution in [3.8, 4) is 0 Å². The maximum Gasteiger partial charge on any atom is 0.242 e. The molecule has 0 aliphatic rings. The highest BCUT2D eigenvalue weighted by Crippen LogP contribution is 2.17. The largest absolute Gasteiger partial charge is 0.394 e. The quantitative estimate of drug-likeness (QED) is 0.532. The van der Waals surface area contributed by atoms with Crippen molar-refractivity contribution in [3.05, 3.63) is 6.20 Å². The molecule has 1 atom stereocenters. The second-order valence-corrected chi connectivity index (χ2v) is 2.51. The van der Waals surface area contributed by atoms with Gasteiger partial charge in [0.2, 0.25) is 5.91 Å². The summed E-state index contributed by atoms with van der Waals surface area (Å²) in [6.45, 7) is 1.60. The van der Waals surface area contributed by atoms with Gasteiger partial charge >= 0.3 is 0 Å². The molecule has 6 N–H and O–H groups in total. The molecule has 1 heterocycles. The predicted molar refractivity (Wildman–Crippen MR) is 45.0 cm³/mol. The summed E-state index contributed by atoms with van der Waals surface area (Å²) in [5.41, 5.74) is 16.3. The average Bonchev–Trinajstić information content (AvgIpc) is 2.32. The monoisotopic (exact) mass is 169 g/mol. The van der Waals surface area contributed by atoms with Gasteiger partial charge in [0.1, 0.15) is 11.9 Å². The van der Waals surface area contributed by atoms with Crippen LogP contribution in [0.2, 0.25) is 0 Å². The predicted octanol–water partition coefficient (Wildman–Crippen LogP) is -0.906. The van der Waals surface area contributed by atoms with E-state index in [-0.39, 0.29) is 5.82 Å². The third-order valence-corrected chi connectivity index (χ3v) is 1.64. The molecule has 0 fully saturated rings. The lowest BCUT2D eigenvalue weighted by molar-refractivity contribution is -0.120. The van der Waals surface area contributed by atoms with Crippen LogP contribution in [-0.4, -0.2) is 15.7 Å². The number of rotatable bonds is 2. The van der Waals surface area contributed by atoms with Gasteiger partial charge < -0.3 is 17.2 Å². The Morgan fingerprint density at radius 1 is 1.67 bits per heavy atom. The SMILES string of the molecule is CC(C(N)=O)n1ncc(N)c1N. The Morgan fingerprint density at radius 3 is 2.58 bits per heavy atom. The number of hydrogen-bond donors (Lipinski definition) is 3. The van der Waals surface area contributed by atoms with Crippen molar-refractivity contribution in [3.63, 3.8) is 0 Å². The van der Waals surface area contributed by atoms with Gasteiger partial charge in [-0.2, -0.15) is 5.10 Å². The van der Waals surface area contributed by atoms with Crippen molar-refractivity contribution in [1.82, 2.24) is 9.78 Å². The van der Waals surface area contributed by atoms with E-state index in [4.69, 9.17) is 17.2 Å². The standard InChI is InChI=1S/C6H11N5O/c1-3(6(9)12)11-5(8)4(7)2-10-11/h2-3H,7-8H2,1H3,(H2,9,12). The smallest absolute Gasteiger partial charge is 0.242 e. The fraction of sp³-hybridized carbons (Fsp3) is 0.333. The summed E-state index contributed by atoms with van der Waals surface area (Å²) in [7, 11) is 0. The number of amides is 1. The highest BCUT2D eigenvalue weighted by molar-refractivity contribution is 5.78. The minimum absolute atomic E-state index is 0.265. The molecule has 0 saturated carbocycles. The first-order valence-electron chi connectivity index (χ1n) is 3.41. The number of nitrogens with zero attached hydrogens (tertiary/aromatic N) is 2. The summed E-state index contributed by atoms with van der Waals surface area (Å²) in [6, 6.07) is -0.567. The van der Waals surface area contributed by atoms with Gasteiger partial charge in [0.15, 0.2) is 0 Å². The Labute approximate surface area is 69.3 Å². The van der Waals surface area contributed by atoms with Gasteiger partial charge in [0.25, 0.3) is 0 Å². The van der Waals surface area contributed by atoms with Gasteiger partial charge in [-0.3, -0.25) is 4.79 Å². The fourth-order valence-electron chi connectivity index (χ4n) is 0.814. The Balaban J connectivity index is 3.03. The van der Waals surface area contributed by atoms with Crippen LogP contribution in [0.5, 0.6) is 0 Å². The maximum atomic E-state index is 10.7. The molecule has 6 nitrogen and oxygen atoms in total. The van der Waals surface area contributed by atoms with E-state index < -0.39 is 11.9 Å². The van der Waals surface area contributed by atoms with Gasteiger partial charge in [-0.05, 0) is 6.92 Å². The lowest BCUT2D eigenvalue weighted by Gasteiger charge is -2.09. The molecule has 6 heteroatoms. The van der Waals surface area contributed by atoms with Crippen LogP contribution in [0.25, 0.3) is 0 Å². The van der Waals surface area contributed by atoms with Gasteiger partial charge in [0, 0.05) is 0 Å². The summed E-state index contributed by atoms with van der Waals surface area (Å²) in [6.07, 6.45) is 1.38. The summed E-state index contributed by atoms with van der Waals surface area (Å²) in [5, 5.41) is 3.80. The van der Waals surface area contributed by atoms with Crippen LogP contribution >= 0.6 is 0 Å². The zero-order valence-electron chi connectivity index (χ0n) is 6.69. The van der Waals surface area contributed by atoms with E-state index in [2.05, 4.69) is 5.10 Å². The first-order chi connectivity index (χ1) is 5.54. The number of carbonyl (C=O) groups excluding carboxylic acids is 1. The van der Waals surface area contributed by atoms with Gasteiger partial charge in [0.05, 0.1) is 11.9 Å². The molecule has 0 spiro atoms. The Bertz CT molecular complexity index is 305. The highest BCUT2D eigenvalue weighted by atomic mass is 16.1. The van der Waals surface area contributed by atoms with Crippen LogP contribution in [0.15, 0.2) is 6.20 Å². The van der Waals surface area contributed by atoms with Gasteiger partial charge in [-0.15, -0.1) is 0 Å². The van der Waals surface area contributed by atoms with Crippen molar-refractivity contribution in [2.75, 3.05) is 11.5 Å². The second kappa shape index (κ2) is 2.72. The zero-order chi connectivity index (χ0) is 9.30. The summed E-state index contributed by atoms with van der Waals surface area (Å²) < 4.78 is 1.29. The molecule has 0 saturated heterocycles. The summed E-state index contributed by atoms with van der Waals surface area (Å²) >= 11 is 0. The van der Waals surface area contributed by atoms with E-state index in [0.717, 1.165) is 0 Å². The third kappa shape index (κ3) is 1.18. The number of anilines is 2. The zero-order valence-corrected chi connectivity index (χ0v) is 6.69.